The molecule has 0 bridgehead atoms. The molecule has 0 aromatic heterocycles. The van der Waals surface area contributed by atoms with Crippen LogP contribution in [0.2, 0.25) is 0 Å². The van der Waals surface area contributed by atoms with Crippen LogP contribution in [0.3, 0.4) is 0 Å². The van der Waals surface area contributed by atoms with Crippen molar-refractivity contribution in [3.63, 3.8) is 0 Å². The largest absolute Gasteiger partial charge is 0.369 e. The maximum absolute atomic E-state index is 11.9. The summed E-state index contributed by atoms with van der Waals surface area (Å²) >= 11 is 0. The Labute approximate surface area is 109 Å². The number of nitrogens with two attached hydrogens (primary N) is 2. The van der Waals surface area contributed by atoms with Crippen LogP contribution in [0.15, 0.2) is 0 Å². The quantitative estimate of drug-likeness (QED) is 0.668. The standard InChI is InChI=1S/C13H25N3O2/c1-3-8(2)11(14)13(18)16-10-6-4-9(5-7-10)12(15)17/h8-11H,3-7,14H2,1-2H3,(H2,15,17)(H,16,18)/t8?,9?,10?,11-/m0/s1. The Morgan fingerprint density at radius 1 is 1.28 bits per heavy atom. The summed E-state index contributed by atoms with van der Waals surface area (Å²) in [5.41, 5.74) is 11.2. The predicted octanol–water partition coefficient (Wildman–Crippen LogP) is 0.520. The molecule has 0 aromatic rings. The van der Waals surface area contributed by atoms with Gasteiger partial charge in [0.25, 0.3) is 0 Å². The molecule has 1 unspecified atom stereocenters. The Balaban J connectivity index is 2.36. The Morgan fingerprint density at radius 2 is 1.83 bits per heavy atom. The third-order valence-electron chi connectivity index (χ3n) is 4.04. The molecule has 0 spiro atoms. The predicted molar refractivity (Wildman–Crippen MR) is 70.5 cm³/mol. The molecule has 104 valence electrons. The van der Waals surface area contributed by atoms with Gasteiger partial charge >= 0.3 is 0 Å². The number of hydrogen-bond donors (Lipinski definition) is 3. The maximum Gasteiger partial charge on any atom is 0.237 e. The average Bonchev–Trinajstić information content (AvgIpc) is 2.37. The molecule has 0 aromatic carbocycles. The van der Waals surface area contributed by atoms with E-state index in [2.05, 4.69) is 5.32 Å². The molecule has 1 saturated carbocycles. The molecule has 0 heterocycles. The summed E-state index contributed by atoms with van der Waals surface area (Å²) in [5, 5.41) is 2.98. The first-order valence-corrected chi connectivity index (χ1v) is 6.81. The molecule has 18 heavy (non-hydrogen) atoms. The molecular weight excluding hydrogens is 230 g/mol. The van der Waals surface area contributed by atoms with Gasteiger partial charge < -0.3 is 16.8 Å². The molecule has 1 fully saturated rings. The molecule has 5 nitrogen and oxygen atoms in total. The lowest BCUT2D eigenvalue weighted by Gasteiger charge is -2.29. The van der Waals surface area contributed by atoms with Gasteiger partial charge in [-0.15, -0.1) is 0 Å². The van der Waals surface area contributed by atoms with Crippen LogP contribution in [0.5, 0.6) is 0 Å². The zero-order valence-corrected chi connectivity index (χ0v) is 11.3. The maximum atomic E-state index is 11.9. The van der Waals surface area contributed by atoms with Crippen molar-refractivity contribution < 1.29 is 9.59 Å². The minimum atomic E-state index is -0.441. The van der Waals surface area contributed by atoms with E-state index in [1.165, 1.54) is 0 Å². The monoisotopic (exact) mass is 255 g/mol. The summed E-state index contributed by atoms with van der Waals surface area (Å²) in [4.78, 5) is 22.9. The highest BCUT2D eigenvalue weighted by molar-refractivity contribution is 5.82. The molecule has 1 aliphatic carbocycles. The zero-order valence-electron chi connectivity index (χ0n) is 11.3. The van der Waals surface area contributed by atoms with Crippen molar-refractivity contribution in [2.24, 2.45) is 23.3 Å². The van der Waals surface area contributed by atoms with E-state index in [1.807, 2.05) is 13.8 Å². The average molecular weight is 255 g/mol. The molecule has 5 heteroatoms. The van der Waals surface area contributed by atoms with Gasteiger partial charge in [0.1, 0.15) is 0 Å². The van der Waals surface area contributed by atoms with E-state index < -0.39 is 6.04 Å². The Bertz CT molecular complexity index is 299. The third kappa shape index (κ3) is 3.98. The van der Waals surface area contributed by atoms with Gasteiger partial charge in [-0.1, -0.05) is 20.3 Å². The Hall–Kier alpha value is -1.10. The van der Waals surface area contributed by atoms with Crippen LogP contribution in [0.1, 0.15) is 46.0 Å². The molecule has 1 rings (SSSR count). The number of carbonyl (C=O) groups is 2. The first-order chi connectivity index (χ1) is 8.45. The number of amides is 2. The van der Waals surface area contributed by atoms with Crippen LogP contribution in [0, 0.1) is 11.8 Å². The fraction of sp³-hybridized carbons (Fsp3) is 0.846. The molecule has 0 radical (unpaired) electrons. The van der Waals surface area contributed by atoms with Crippen molar-refractivity contribution in [2.45, 2.75) is 58.0 Å². The van der Waals surface area contributed by atoms with Gasteiger partial charge in [0.2, 0.25) is 11.8 Å². The van der Waals surface area contributed by atoms with E-state index in [0.29, 0.717) is 0 Å². The smallest absolute Gasteiger partial charge is 0.237 e. The van der Waals surface area contributed by atoms with Crippen molar-refractivity contribution in [1.82, 2.24) is 5.32 Å². The minimum absolute atomic E-state index is 0.0265. The third-order valence-corrected chi connectivity index (χ3v) is 4.04. The number of rotatable bonds is 5. The van der Waals surface area contributed by atoms with Crippen LogP contribution in [0.4, 0.5) is 0 Å². The van der Waals surface area contributed by atoms with E-state index in [1.54, 1.807) is 0 Å². The van der Waals surface area contributed by atoms with E-state index in [-0.39, 0.29) is 29.7 Å². The topological polar surface area (TPSA) is 98.2 Å². The summed E-state index contributed by atoms with van der Waals surface area (Å²) in [6, 6.07) is -0.299. The second-order valence-electron chi connectivity index (χ2n) is 5.37. The van der Waals surface area contributed by atoms with E-state index in [0.717, 1.165) is 32.1 Å². The highest BCUT2D eigenvalue weighted by Crippen LogP contribution is 2.24. The second-order valence-corrected chi connectivity index (χ2v) is 5.37. The molecule has 2 atom stereocenters. The molecular formula is C13H25N3O2. The van der Waals surface area contributed by atoms with Crippen molar-refractivity contribution in [2.75, 3.05) is 0 Å². The summed E-state index contributed by atoms with van der Waals surface area (Å²) in [6.45, 7) is 4.00. The number of carbonyl (C=O) groups excluding carboxylic acids is 2. The van der Waals surface area contributed by atoms with E-state index in [9.17, 15) is 9.59 Å². The van der Waals surface area contributed by atoms with Crippen LogP contribution in [-0.4, -0.2) is 23.9 Å². The zero-order chi connectivity index (χ0) is 13.7. The first kappa shape index (κ1) is 15.0. The number of nitrogens with one attached hydrogen (secondary N) is 1. The summed E-state index contributed by atoms with van der Waals surface area (Å²) in [5.74, 6) is -0.142. The van der Waals surface area contributed by atoms with Gasteiger partial charge in [-0.25, -0.2) is 0 Å². The Morgan fingerprint density at radius 3 is 2.28 bits per heavy atom. The number of hydrogen-bond acceptors (Lipinski definition) is 3. The fourth-order valence-electron chi connectivity index (χ4n) is 2.33. The van der Waals surface area contributed by atoms with Crippen LogP contribution in [-0.2, 0) is 9.59 Å². The van der Waals surface area contributed by atoms with Gasteiger partial charge in [-0.05, 0) is 31.6 Å². The normalized spacial score (nSPS) is 27.3. The highest BCUT2D eigenvalue weighted by Gasteiger charge is 2.27. The lowest BCUT2D eigenvalue weighted by molar-refractivity contribution is -0.124. The van der Waals surface area contributed by atoms with Crippen molar-refractivity contribution >= 4 is 11.8 Å². The van der Waals surface area contributed by atoms with Gasteiger partial charge in [0.15, 0.2) is 0 Å². The van der Waals surface area contributed by atoms with Crippen LogP contribution >= 0.6 is 0 Å². The lowest BCUT2D eigenvalue weighted by Crippen LogP contribution is -2.49. The van der Waals surface area contributed by atoms with Crippen LogP contribution < -0.4 is 16.8 Å². The van der Waals surface area contributed by atoms with Gasteiger partial charge in [0.05, 0.1) is 6.04 Å². The summed E-state index contributed by atoms with van der Waals surface area (Å²) in [7, 11) is 0. The lowest BCUT2D eigenvalue weighted by atomic mass is 9.85. The summed E-state index contributed by atoms with van der Waals surface area (Å²) in [6.07, 6.45) is 4.04. The molecule has 5 N–H and O–H groups in total. The van der Waals surface area contributed by atoms with Crippen molar-refractivity contribution in [1.29, 1.82) is 0 Å². The molecule has 0 aliphatic heterocycles. The molecule has 2 amide bonds. The fourth-order valence-corrected chi connectivity index (χ4v) is 2.33. The highest BCUT2D eigenvalue weighted by atomic mass is 16.2. The molecule has 1 aliphatic rings. The minimum Gasteiger partial charge on any atom is -0.369 e. The molecule has 0 saturated heterocycles. The van der Waals surface area contributed by atoms with Crippen molar-refractivity contribution in [3.8, 4) is 0 Å². The van der Waals surface area contributed by atoms with E-state index in [4.69, 9.17) is 11.5 Å². The first-order valence-electron chi connectivity index (χ1n) is 6.81. The number of primary amides is 1. The van der Waals surface area contributed by atoms with Crippen molar-refractivity contribution in [3.05, 3.63) is 0 Å². The van der Waals surface area contributed by atoms with Crippen LogP contribution in [0.25, 0.3) is 0 Å². The van der Waals surface area contributed by atoms with Gasteiger partial charge in [-0.2, -0.15) is 0 Å². The van der Waals surface area contributed by atoms with Gasteiger partial charge in [-0.3, -0.25) is 9.59 Å². The van der Waals surface area contributed by atoms with E-state index >= 15 is 0 Å². The van der Waals surface area contributed by atoms with Gasteiger partial charge in [0, 0.05) is 12.0 Å². The SMILES string of the molecule is CCC(C)[C@H](N)C(=O)NC1CCC(C(N)=O)CC1. The Kier molecular flexibility index (Phi) is 5.59. The second kappa shape index (κ2) is 6.73. The summed E-state index contributed by atoms with van der Waals surface area (Å²) < 4.78 is 0.